The minimum Gasteiger partial charge on any atom is -0.497 e. The lowest BCUT2D eigenvalue weighted by Gasteiger charge is -2.23. The number of hydrogen-bond acceptors (Lipinski definition) is 6. The summed E-state index contributed by atoms with van der Waals surface area (Å²) in [6, 6.07) is 28.0. The zero-order valence-electron chi connectivity index (χ0n) is 17.6. The van der Waals surface area contributed by atoms with Crippen molar-refractivity contribution in [3.8, 4) is 11.5 Å². The largest absolute Gasteiger partial charge is 0.497 e. The third-order valence-corrected chi connectivity index (χ3v) is 5.71. The molecule has 0 N–H and O–H groups in total. The third kappa shape index (κ3) is 4.92. The Labute approximate surface area is 186 Å². The smallest absolute Gasteiger partial charge is 0.140 e. The van der Waals surface area contributed by atoms with E-state index in [0.717, 1.165) is 38.6 Å². The monoisotopic (exact) mass is 429 g/mol. The lowest BCUT2D eigenvalue weighted by Crippen LogP contribution is -2.08. The van der Waals surface area contributed by atoms with Gasteiger partial charge in [0.2, 0.25) is 0 Å². The van der Waals surface area contributed by atoms with Gasteiger partial charge in [-0.25, -0.2) is 0 Å². The Kier molecular flexibility index (Phi) is 6.29. The van der Waals surface area contributed by atoms with Crippen LogP contribution in [-0.2, 0) is 0 Å². The molecule has 156 valence electrons. The van der Waals surface area contributed by atoms with E-state index in [1.165, 1.54) is 5.56 Å². The van der Waals surface area contributed by atoms with E-state index in [4.69, 9.17) is 9.47 Å². The van der Waals surface area contributed by atoms with E-state index in [-0.39, 0.29) is 0 Å². The quantitative estimate of drug-likeness (QED) is 0.280. The molecule has 0 aliphatic rings. The van der Waals surface area contributed by atoms with Gasteiger partial charge in [-0.1, -0.05) is 29.0 Å². The number of azo groups is 1. The molecule has 3 aromatic carbocycles. The molecule has 0 aliphatic carbocycles. The third-order valence-electron chi connectivity index (χ3n) is 4.76. The van der Waals surface area contributed by atoms with Crippen molar-refractivity contribution in [2.75, 3.05) is 19.1 Å². The van der Waals surface area contributed by atoms with Gasteiger partial charge >= 0.3 is 0 Å². The molecule has 1 aromatic heterocycles. The highest BCUT2D eigenvalue weighted by Crippen LogP contribution is 2.42. The number of nitrogens with zero attached hydrogens (tertiary/aromatic N) is 3. The molecule has 0 unspecified atom stereocenters. The molecular weight excluding hydrogens is 406 g/mol. The molecule has 31 heavy (non-hydrogen) atoms. The van der Waals surface area contributed by atoms with Crippen LogP contribution in [0.5, 0.6) is 11.5 Å². The van der Waals surface area contributed by atoms with E-state index in [1.807, 2.05) is 78.9 Å². The molecule has 0 aliphatic heterocycles. The molecule has 4 aromatic rings. The molecule has 0 radical (unpaired) electrons. The number of hydrogen-bond donors (Lipinski definition) is 0. The van der Waals surface area contributed by atoms with Gasteiger partial charge in [-0.05, 0) is 79.7 Å². The first-order chi connectivity index (χ1) is 15.2. The van der Waals surface area contributed by atoms with Gasteiger partial charge in [-0.3, -0.25) is 0 Å². The van der Waals surface area contributed by atoms with Crippen LogP contribution in [0.2, 0.25) is 0 Å². The Morgan fingerprint density at radius 2 is 1.19 bits per heavy atom. The van der Waals surface area contributed by atoms with Crippen molar-refractivity contribution in [2.24, 2.45) is 10.2 Å². The van der Waals surface area contributed by atoms with Crippen LogP contribution in [0.3, 0.4) is 0 Å². The first kappa shape index (κ1) is 20.6. The van der Waals surface area contributed by atoms with Crippen molar-refractivity contribution in [2.45, 2.75) is 6.92 Å². The van der Waals surface area contributed by atoms with Crippen LogP contribution in [0.1, 0.15) is 5.56 Å². The van der Waals surface area contributed by atoms with Gasteiger partial charge in [-0.15, -0.1) is 10.2 Å². The molecular formula is C25H23N3O2S. The van der Waals surface area contributed by atoms with E-state index in [2.05, 4.69) is 28.1 Å². The summed E-state index contributed by atoms with van der Waals surface area (Å²) >= 11 is 1.58. The first-order valence-electron chi connectivity index (χ1n) is 9.83. The summed E-state index contributed by atoms with van der Waals surface area (Å²) in [7, 11) is 3.34. The van der Waals surface area contributed by atoms with Crippen molar-refractivity contribution >= 4 is 38.4 Å². The fourth-order valence-electron chi connectivity index (χ4n) is 3.08. The average molecular weight is 430 g/mol. The maximum Gasteiger partial charge on any atom is 0.140 e. The van der Waals surface area contributed by atoms with Crippen LogP contribution in [0, 0.1) is 6.92 Å². The highest BCUT2D eigenvalue weighted by Gasteiger charge is 2.15. The minimum atomic E-state index is 0.817. The number of ether oxygens (including phenoxy) is 2. The van der Waals surface area contributed by atoms with E-state index >= 15 is 0 Å². The summed E-state index contributed by atoms with van der Waals surface area (Å²) in [6.07, 6.45) is 0. The molecule has 6 heteroatoms. The van der Waals surface area contributed by atoms with Crippen molar-refractivity contribution < 1.29 is 9.47 Å². The highest BCUT2D eigenvalue weighted by atomic mass is 32.1. The molecule has 0 spiro atoms. The van der Waals surface area contributed by atoms with Crippen LogP contribution >= 0.6 is 11.3 Å². The maximum absolute atomic E-state index is 5.32. The number of rotatable bonds is 7. The Morgan fingerprint density at radius 1 is 0.645 bits per heavy atom. The summed E-state index contributed by atoms with van der Waals surface area (Å²) < 4.78 is 10.6. The second kappa shape index (κ2) is 9.45. The zero-order chi connectivity index (χ0) is 21.6. The minimum absolute atomic E-state index is 0.817. The van der Waals surface area contributed by atoms with Gasteiger partial charge in [0.25, 0.3) is 0 Å². The van der Waals surface area contributed by atoms with Crippen LogP contribution in [-0.4, -0.2) is 14.2 Å². The van der Waals surface area contributed by atoms with Crippen molar-refractivity contribution in [3.63, 3.8) is 0 Å². The second-order valence-corrected chi connectivity index (χ2v) is 7.92. The number of anilines is 3. The number of aryl methyl sites for hydroxylation is 1. The SMILES string of the molecule is COc1ccc(N(c2ccc(OC)cc2)c2ccc(N=Nc3ccc(C)cc3)s2)cc1. The predicted octanol–water partition coefficient (Wildman–Crippen LogP) is 7.96. The first-order valence-corrected chi connectivity index (χ1v) is 10.6. The van der Waals surface area contributed by atoms with Crippen molar-refractivity contribution in [1.29, 1.82) is 0 Å². The topological polar surface area (TPSA) is 46.4 Å². The van der Waals surface area contributed by atoms with E-state index in [1.54, 1.807) is 25.6 Å². The van der Waals surface area contributed by atoms with E-state index in [9.17, 15) is 0 Å². The zero-order valence-corrected chi connectivity index (χ0v) is 18.5. The van der Waals surface area contributed by atoms with Crippen molar-refractivity contribution in [3.05, 3.63) is 90.5 Å². The molecule has 0 atom stereocenters. The molecule has 0 saturated heterocycles. The number of thiophene rings is 1. The van der Waals surface area contributed by atoms with Gasteiger partial charge in [0.15, 0.2) is 0 Å². The van der Waals surface area contributed by atoms with Crippen LogP contribution in [0.15, 0.2) is 95.2 Å². The molecule has 0 fully saturated rings. The summed E-state index contributed by atoms with van der Waals surface area (Å²) in [5, 5.41) is 10.7. The van der Waals surface area contributed by atoms with Gasteiger partial charge in [0.1, 0.15) is 21.5 Å². The summed E-state index contributed by atoms with van der Waals surface area (Å²) in [5.41, 5.74) is 4.08. The van der Waals surface area contributed by atoms with E-state index < -0.39 is 0 Å². The number of benzene rings is 3. The Bertz CT molecular complexity index is 1100. The Balaban J connectivity index is 1.66. The maximum atomic E-state index is 5.32. The van der Waals surface area contributed by atoms with Gasteiger partial charge < -0.3 is 14.4 Å². The van der Waals surface area contributed by atoms with Crippen molar-refractivity contribution in [1.82, 2.24) is 0 Å². The lowest BCUT2D eigenvalue weighted by atomic mass is 10.2. The normalized spacial score (nSPS) is 10.9. The average Bonchev–Trinajstić information content (AvgIpc) is 3.28. The summed E-state index contributed by atoms with van der Waals surface area (Å²) in [4.78, 5) is 2.18. The molecule has 1 heterocycles. The fourth-order valence-corrected chi connectivity index (χ4v) is 3.95. The summed E-state index contributed by atoms with van der Waals surface area (Å²) in [5.74, 6) is 1.63. The highest BCUT2D eigenvalue weighted by molar-refractivity contribution is 7.19. The van der Waals surface area contributed by atoms with Crippen LogP contribution < -0.4 is 14.4 Å². The molecule has 4 rings (SSSR count). The van der Waals surface area contributed by atoms with E-state index in [0.29, 0.717) is 0 Å². The molecule has 5 nitrogen and oxygen atoms in total. The van der Waals surface area contributed by atoms with Crippen LogP contribution in [0.4, 0.5) is 27.1 Å². The molecule has 0 amide bonds. The second-order valence-electron chi connectivity index (χ2n) is 6.88. The fraction of sp³-hybridized carbons (Fsp3) is 0.120. The van der Waals surface area contributed by atoms with Gasteiger partial charge in [0.05, 0.1) is 19.9 Å². The Hall–Kier alpha value is -3.64. The van der Waals surface area contributed by atoms with Gasteiger partial charge in [0, 0.05) is 11.4 Å². The lowest BCUT2D eigenvalue weighted by molar-refractivity contribution is 0.415. The standard InChI is InChI=1S/C25H23N3O2S/c1-18-4-6-19(7-5-18)26-27-24-16-17-25(31-24)28(20-8-12-22(29-2)13-9-20)21-10-14-23(30-3)15-11-21/h4-17H,1-3H3. The predicted molar refractivity (Wildman–Crippen MR) is 127 cm³/mol. The Morgan fingerprint density at radius 3 is 1.71 bits per heavy atom. The number of methoxy groups -OCH3 is 2. The van der Waals surface area contributed by atoms with Gasteiger partial charge in [-0.2, -0.15) is 0 Å². The summed E-state index contributed by atoms with van der Waals surface area (Å²) in [6.45, 7) is 2.05. The molecule has 0 bridgehead atoms. The van der Waals surface area contributed by atoms with Crippen LogP contribution in [0.25, 0.3) is 0 Å². The molecule has 0 saturated carbocycles.